The molecule has 0 heterocycles. The molecule has 300 valence electrons. The van der Waals surface area contributed by atoms with Crippen molar-refractivity contribution < 1.29 is 43.8 Å². The Bertz CT molecular complexity index is 1070. The number of nitrogens with two attached hydrogens (primary N) is 2. The molecule has 0 aromatic rings. The molecule has 52 heavy (non-hydrogen) atoms. The predicted molar refractivity (Wildman–Crippen MR) is 199 cm³/mol. The number of hydrogen-bond donors (Lipinski definition) is 7. The van der Waals surface area contributed by atoms with E-state index in [4.69, 9.17) is 16.6 Å². The zero-order valence-corrected chi connectivity index (χ0v) is 31.8. The third-order valence-electron chi connectivity index (χ3n) is 8.83. The van der Waals surface area contributed by atoms with Crippen LogP contribution in [0.25, 0.3) is 0 Å². The topological polar surface area (TPSA) is 251 Å². The minimum Gasteiger partial charge on any atom is -0.481 e. The molecule has 0 aromatic heterocycles. The minimum absolute atomic E-state index is 0.0144. The van der Waals surface area contributed by atoms with E-state index in [2.05, 4.69) is 16.0 Å². The van der Waals surface area contributed by atoms with E-state index in [1.807, 2.05) is 0 Å². The first-order valence-corrected chi connectivity index (χ1v) is 19.3. The highest BCUT2D eigenvalue weighted by Crippen LogP contribution is 2.13. The van der Waals surface area contributed by atoms with Crippen LogP contribution < -0.4 is 27.4 Å². The maximum Gasteiger partial charge on any atom is 0.326 e. The van der Waals surface area contributed by atoms with E-state index in [0.717, 1.165) is 51.4 Å². The number of Topliss-reactive ketones (excluding diaryl/α,β-unsaturated/α-hetero) is 1. The van der Waals surface area contributed by atoms with E-state index in [0.29, 0.717) is 58.0 Å². The Morgan fingerprint density at radius 2 is 1.06 bits per heavy atom. The lowest BCUT2D eigenvalue weighted by Crippen LogP contribution is -2.43. The predicted octanol–water partition coefficient (Wildman–Crippen LogP) is 3.16. The summed E-state index contributed by atoms with van der Waals surface area (Å²) in [6.45, 7) is 2.18. The first-order valence-electron chi connectivity index (χ1n) is 19.3. The molecule has 9 N–H and O–H groups in total. The molecule has 0 saturated carbocycles. The zero-order chi connectivity index (χ0) is 39.1. The van der Waals surface area contributed by atoms with Gasteiger partial charge in [-0.1, -0.05) is 64.2 Å². The van der Waals surface area contributed by atoms with Gasteiger partial charge in [-0.05, 0) is 64.7 Å². The van der Waals surface area contributed by atoms with Gasteiger partial charge in [0, 0.05) is 39.4 Å². The standard InChI is InChI=1S/C37H68N6O9/c1-28(44)27-43(2)36(50)30(39)20-16-18-26-41-35(49)29(38)19-15-17-25-40-32(45)24-23-31(37(51)52)42-33(46)21-13-11-9-7-5-3-4-6-8-10-12-14-22-34(47)48/h29-31H,3-27,38-39H2,1-2H3,(H,40,45)(H,41,49)(H,42,46)(H,47,48)(H,51,52)/t29?,30-,31?/m1/s1. The average molecular weight is 741 g/mol. The van der Waals surface area contributed by atoms with Gasteiger partial charge in [-0.2, -0.15) is 0 Å². The molecule has 3 atom stereocenters. The van der Waals surface area contributed by atoms with Crippen molar-refractivity contribution in [2.75, 3.05) is 26.7 Å². The maximum atomic E-state index is 12.3. The molecule has 0 spiro atoms. The van der Waals surface area contributed by atoms with Crippen LogP contribution in [0.1, 0.15) is 148 Å². The summed E-state index contributed by atoms with van der Waals surface area (Å²) >= 11 is 0. The number of carboxylic acid groups (broad SMARTS) is 2. The first-order chi connectivity index (χ1) is 24.7. The van der Waals surface area contributed by atoms with E-state index >= 15 is 0 Å². The van der Waals surface area contributed by atoms with Crippen molar-refractivity contribution in [1.82, 2.24) is 20.9 Å². The third kappa shape index (κ3) is 28.1. The molecule has 4 amide bonds. The molecule has 0 fully saturated rings. The normalized spacial score (nSPS) is 12.7. The average Bonchev–Trinajstić information content (AvgIpc) is 3.08. The summed E-state index contributed by atoms with van der Waals surface area (Å²) in [5, 5.41) is 26.2. The highest BCUT2D eigenvalue weighted by molar-refractivity contribution is 5.87. The van der Waals surface area contributed by atoms with Crippen LogP contribution in [0.4, 0.5) is 0 Å². The Balaban J connectivity index is 3.92. The van der Waals surface area contributed by atoms with Crippen LogP contribution in [0.3, 0.4) is 0 Å². The Morgan fingerprint density at radius 1 is 0.577 bits per heavy atom. The highest BCUT2D eigenvalue weighted by Gasteiger charge is 2.21. The number of nitrogens with zero attached hydrogens (tertiary/aromatic N) is 1. The number of aliphatic carboxylic acids is 2. The second kappa shape index (κ2) is 31.0. The third-order valence-corrected chi connectivity index (χ3v) is 8.83. The van der Waals surface area contributed by atoms with Crippen molar-refractivity contribution in [3.05, 3.63) is 0 Å². The summed E-state index contributed by atoms with van der Waals surface area (Å²) in [5.74, 6) is -3.25. The van der Waals surface area contributed by atoms with Crippen molar-refractivity contribution >= 4 is 41.4 Å². The summed E-state index contributed by atoms with van der Waals surface area (Å²) in [6, 6.07) is -2.53. The van der Waals surface area contributed by atoms with Crippen molar-refractivity contribution in [1.29, 1.82) is 0 Å². The lowest BCUT2D eigenvalue weighted by atomic mass is 10.0. The van der Waals surface area contributed by atoms with Crippen molar-refractivity contribution in [2.24, 2.45) is 11.5 Å². The van der Waals surface area contributed by atoms with Gasteiger partial charge in [0.1, 0.15) is 11.8 Å². The van der Waals surface area contributed by atoms with E-state index in [1.54, 1.807) is 0 Å². The molecule has 0 bridgehead atoms. The van der Waals surface area contributed by atoms with Gasteiger partial charge in [0.25, 0.3) is 0 Å². The number of rotatable bonds is 34. The summed E-state index contributed by atoms with van der Waals surface area (Å²) in [6.07, 6.45) is 16.1. The Labute approximate surface area is 310 Å². The number of hydrogen-bond acceptors (Lipinski definition) is 9. The highest BCUT2D eigenvalue weighted by atomic mass is 16.4. The Hall–Kier alpha value is -3.59. The summed E-state index contributed by atoms with van der Waals surface area (Å²) in [7, 11) is 1.54. The molecular weight excluding hydrogens is 672 g/mol. The second-order valence-electron chi connectivity index (χ2n) is 13.9. The van der Waals surface area contributed by atoms with Gasteiger partial charge in [-0.25, -0.2) is 4.79 Å². The van der Waals surface area contributed by atoms with E-state index in [9.17, 15) is 38.7 Å². The van der Waals surface area contributed by atoms with Gasteiger partial charge < -0.3 is 42.5 Å². The van der Waals surface area contributed by atoms with Gasteiger partial charge in [-0.3, -0.25) is 28.8 Å². The van der Waals surface area contributed by atoms with Crippen molar-refractivity contribution in [3.63, 3.8) is 0 Å². The number of amides is 4. The van der Waals surface area contributed by atoms with Crippen molar-refractivity contribution in [3.8, 4) is 0 Å². The van der Waals surface area contributed by atoms with Crippen molar-refractivity contribution in [2.45, 2.75) is 166 Å². The molecule has 0 saturated heterocycles. The molecule has 0 radical (unpaired) electrons. The number of unbranched alkanes of at least 4 members (excludes halogenated alkanes) is 13. The molecule has 0 aromatic carbocycles. The molecule has 2 unspecified atom stereocenters. The minimum atomic E-state index is -1.18. The molecule has 0 aliphatic carbocycles. The van der Waals surface area contributed by atoms with Crippen LogP contribution in [-0.2, 0) is 33.6 Å². The maximum absolute atomic E-state index is 12.3. The summed E-state index contributed by atoms with van der Waals surface area (Å²) in [5.41, 5.74) is 11.9. The number of carbonyl (C=O) groups excluding carboxylic acids is 5. The zero-order valence-electron chi connectivity index (χ0n) is 31.8. The first kappa shape index (κ1) is 48.4. The van der Waals surface area contributed by atoms with Crippen LogP contribution in [-0.4, -0.2) is 101 Å². The number of nitrogens with one attached hydrogen (secondary N) is 3. The summed E-state index contributed by atoms with van der Waals surface area (Å²) in [4.78, 5) is 83.6. The molecule has 0 aliphatic rings. The van der Waals surface area contributed by atoms with Crippen LogP contribution in [0.5, 0.6) is 0 Å². The van der Waals surface area contributed by atoms with Gasteiger partial charge in [0.15, 0.2) is 0 Å². The van der Waals surface area contributed by atoms with Gasteiger partial charge in [0.05, 0.1) is 18.6 Å². The fraction of sp³-hybridized carbons (Fsp3) is 0.811. The fourth-order valence-electron chi connectivity index (χ4n) is 5.72. The number of likely N-dealkylation sites (N-methyl/N-ethyl adjacent to an activating group) is 1. The van der Waals surface area contributed by atoms with E-state index in [-0.39, 0.29) is 61.6 Å². The molecule has 15 nitrogen and oxygen atoms in total. The summed E-state index contributed by atoms with van der Waals surface area (Å²) < 4.78 is 0. The Kier molecular flexibility index (Phi) is 28.8. The molecule has 0 rings (SSSR count). The SMILES string of the molecule is CC(=O)CN(C)C(=O)[C@H](N)CCCCNC(=O)C(N)CCCCNC(=O)CCC(NC(=O)CCCCCCCCCCCCCCC(=O)O)C(=O)O. The fourth-order valence-corrected chi connectivity index (χ4v) is 5.72. The van der Waals surface area contributed by atoms with Crippen LogP contribution in [0.15, 0.2) is 0 Å². The molecular formula is C37H68N6O9. The van der Waals surface area contributed by atoms with Gasteiger partial charge >= 0.3 is 11.9 Å². The van der Waals surface area contributed by atoms with Gasteiger partial charge in [0.2, 0.25) is 23.6 Å². The molecule has 0 aliphatic heterocycles. The lowest BCUT2D eigenvalue weighted by molar-refractivity contribution is -0.142. The second-order valence-corrected chi connectivity index (χ2v) is 13.9. The van der Waals surface area contributed by atoms with Crippen LogP contribution in [0.2, 0.25) is 0 Å². The quantitative estimate of drug-likeness (QED) is 0.0472. The van der Waals surface area contributed by atoms with Crippen LogP contribution in [0, 0.1) is 0 Å². The number of ketones is 1. The smallest absolute Gasteiger partial charge is 0.326 e. The number of carbonyl (C=O) groups is 7. The van der Waals surface area contributed by atoms with E-state index in [1.165, 1.54) is 38.1 Å². The van der Waals surface area contributed by atoms with Gasteiger partial charge in [-0.15, -0.1) is 0 Å². The van der Waals surface area contributed by atoms with E-state index < -0.39 is 30.1 Å². The molecule has 15 heteroatoms. The lowest BCUT2D eigenvalue weighted by Gasteiger charge is -2.20. The monoisotopic (exact) mass is 741 g/mol. The van der Waals surface area contributed by atoms with Crippen LogP contribution >= 0.6 is 0 Å². The number of carboxylic acids is 2. The Morgan fingerprint density at radius 3 is 1.56 bits per heavy atom. The largest absolute Gasteiger partial charge is 0.481 e.